The van der Waals surface area contributed by atoms with E-state index >= 15 is 0 Å². The van der Waals surface area contributed by atoms with Gasteiger partial charge < -0.3 is 15.1 Å². The van der Waals surface area contributed by atoms with Crippen molar-refractivity contribution in [2.45, 2.75) is 39.3 Å². The van der Waals surface area contributed by atoms with Crippen molar-refractivity contribution in [3.8, 4) is 0 Å². The van der Waals surface area contributed by atoms with Crippen LogP contribution in [-0.4, -0.2) is 44.2 Å². The molecule has 0 amide bonds. The number of likely N-dealkylation sites (N-methyl/N-ethyl adjacent to an activating group) is 1. The monoisotopic (exact) mass is 309 g/mol. The Balaban J connectivity index is 1.88. The smallest absolute Gasteiger partial charge is 0.0471 e. The number of nitrogens with one attached hydrogen (secondary N) is 1. The average molecular weight is 310 g/mol. The molecule has 1 aliphatic heterocycles. The molecule has 21 heavy (non-hydrogen) atoms. The van der Waals surface area contributed by atoms with Gasteiger partial charge in [-0.3, -0.25) is 0 Å². The first kappa shape index (κ1) is 16.6. The summed E-state index contributed by atoms with van der Waals surface area (Å²) in [5, 5.41) is 4.26. The molecule has 4 heteroatoms. The highest BCUT2D eigenvalue weighted by Gasteiger charge is 2.12. The Morgan fingerprint density at radius 1 is 1.29 bits per heavy atom. The van der Waals surface area contributed by atoms with Gasteiger partial charge >= 0.3 is 0 Å². The number of anilines is 1. The maximum Gasteiger partial charge on any atom is 0.0471 e. The molecule has 1 saturated heterocycles. The Morgan fingerprint density at radius 2 is 2.00 bits per heavy atom. The number of halogens is 1. The van der Waals surface area contributed by atoms with Gasteiger partial charge in [-0.15, -0.1) is 0 Å². The Morgan fingerprint density at radius 3 is 2.62 bits per heavy atom. The van der Waals surface area contributed by atoms with Crippen LogP contribution in [0.5, 0.6) is 0 Å². The molecule has 1 fully saturated rings. The minimum atomic E-state index is 0.476. The van der Waals surface area contributed by atoms with Gasteiger partial charge in [-0.25, -0.2) is 0 Å². The van der Waals surface area contributed by atoms with E-state index in [9.17, 15) is 0 Å². The van der Waals surface area contributed by atoms with Crippen LogP contribution in [0.15, 0.2) is 18.2 Å². The van der Waals surface area contributed by atoms with Gasteiger partial charge in [-0.2, -0.15) is 0 Å². The summed E-state index contributed by atoms with van der Waals surface area (Å²) in [4.78, 5) is 4.84. The minimum absolute atomic E-state index is 0.476. The molecule has 1 N–H and O–H groups in total. The van der Waals surface area contributed by atoms with Crippen molar-refractivity contribution < 1.29 is 0 Å². The summed E-state index contributed by atoms with van der Waals surface area (Å²) in [6.45, 7) is 9.84. The molecule has 0 atom stereocenters. The second kappa shape index (κ2) is 8.02. The van der Waals surface area contributed by atoms with Crippen LogP contribution in [0.4, 0.5) is 5.69 Å². The van der Waals surface area contributed by atoms with E-state index in [1.54, 1.807) is 0 Å². The van der Waals surface area contributed by atoms with E-state index in [4.69, 9.17) is 11.6 Å². The summed E-state index contributed by atoms with van der Waals surface area (Å²) in [5.41, 5.74) is 2.37. The van der Waals surface area contributed by atoms with Crippen LogP contribution < -0.4 is 10.2 Å². The van der Waals surface area contributed by atoms with Crippen molar-refractivity contribution in [2.24, 2.45) is 0 Å². The lowest BCUT2D eigenvalue weighted by molar-refractivity contribution is 0.346. The highest BCUT2D eigenvalue weighted by molar-refractivity contribution is 6.31. The normalized spacial score (nSPS) is 15.9. The van der Waals surface area contributed by atoms with E-state index < -0.39 is 0 Å². The van der Waals surface area contributed by atoms with Crippen molar-refractivity contribution in [3.63, 3.8) is 0 Å². The number of rotatable bonds is 7. The second-order valence-electron chi connectivity index (χ2n) is 6.28. The molecule has 0 aliphatic carbocycles. The van der Waals surface area contributed by atoms with Gasteiger partial charge in [0.25, 0.3) is 0 Å². The van der Waals surface area contributed by atoms with Gasteiger partial charge in [0.2, 0.25) is 0 Å². The number of nitrogens with zero attached hydrogens (tertiary/aromatic N) is 2. The third kappa shape index (κ3) is 5.17. The third-order valence-electron chi connectivity index (χ3n) is 4.13. The SMILES string of the molecule is CC(C)NCc1ccc(N(C)CCN2CCCC2)cc1Cl. The van der Waals surface area contributed by atoms with Crippen molar-refractivity contribution in [1.82, 2.24) is 10.2 Å². The van der Waals surface area contributed by atoms with Gasteiger partial charge in [0.1, 0.15) is 0 Å². The summed E-state index contributed by atoms with van der Waals surface area (Å²) in [7, 11) is 2.15. The molecule has 0 aromatic heterocycles. The Hall–Kier alpha value is -0.770. The lowest BCUT2D eigenvalue weighted by Gasteiger charge is -2.23. The molecule has 0 bridgehead atoms. The molecule has 0 saturated carbocycles. The maximum absolute atomic E-state index is 6.41. The molecule has 1 heterocycles. The first-order chi connectivity index (χ1) is 10.1. The topological polar surface area (TPSA) is 18.5 Å². The molecule has 0 unspecified atom stereocenters. The Bertz CT molecular complexity index is 442. The van der Waals surface area contributed by atoms with Crippen LogP contribution in [0.2, 0.25) is 5.02 Å². The molecule has 1 aromatic carbocycles. The lowest BCUT2D eigenvalue weighted by atomic mass is 10.2. The first-order valence-corrected chi connectivity index (χ1v) is 8.39. The van der Waals surface area contributed by atoms with Gasteiger partial charge in [-0.1, -0.05) is 31.5 Å². The molecule has 3 nitrogen and oxygen atoms in total. The third-order valence-corrected chi connectivity index (χ3v) is 4.48. The number of hydrogen-bond acceptors (Lipinski definition) is 3. The molecule has 2 rings (SSSR count). The van der Waals surface area contributed by atoms with Gasteiger partial charge in [0.15, 0.2) is 0 Å². The van der Waals surface area contributed by atoms with E-state index in [0.717, 1.165) is 24.7 Å². The highest BCUT2D eigenvalue weighted by Crippen LogP contribution is 2.23. The molecule has 0 radical (unpaired) electrons. The van der Waals surface area contributed by atoms with E-state index in [-0.39, 0.29) is 0 Å². The van der Waals surface area contributed by atoms with Gasteiger partial charge in [-0.05, 0) is 43.6 Å². The largest absolute Gasteiger partial charge is 0.373 e. The fourth-order valence-corrected chi connectivity index (χ4v) is 2.90. The van der Waals surface area contributed by atoms with Crippen molar-refractivity contribution in [1.29, 1.82) is 0 Å². The Labute approximate surface area is 134 Å². The quantitative estimate of drug-likeness (QED) is 0.833. The zero-order valence-corrected chi connectivity index (χ0v) is 14.3. The molecule has 0 spiro atoms. The summed E-state index contributed by atoms with van der Waals surface area (Å²) in [6, 6.07) is 6.87. The van der Waals surface area contributed by atoms with Gasteiger partial charge in [0.05, 0.1) is 0 Å². The Kier molecular flexibility index (Phi) is 6.34. The number of likely N-dealkylation sites (tertiary alicyclic amines) is 1. The second-order valence-corrected chi connectivity index (χ2v) is 6.69. The van der Waals surface area contributed by atoms with Gasteiger partial charge in [0, 0.05) is 43.4 Å². The number of benzene rings is 1. The first-order valence-electron chi connectivity index (χ1n) is 8.01. The van der Waals surface area contributed by atoms with E-state index in [1.165, 1.54) is 37.2 Å². The predicted octanol–water partition coefficient (Wildman–Crippen LogP) is 3.37. The lowest BCUT2D eigenvalue weighted by Crippen LogP contribution is -2.31. The maximum atomic E-state index is 6.41. The summed E-state index contributed by atoms with van der Waals surface area (Å²) in [5.74, 6) is 0. The van der Waals surface area contributed by atoms with Crippen molar-refractivity contribution >= 4 is 17.3 Å². The standard InChI is InChI=1S/C17H28ClN3/c1-14(2)19-13-15-6-7-16(12-17(15)18)20(3)10-11-21-8-4-5-9-21/h6-7,12,14,19H,4-5,8-11,13H2,1-3H3. The van der Waals surface area contributed by atoms with Crippen molar-refractivity contribution in [2.75, 3.05) is 38.1 Å². The fraction of sp³-hybridized carbons (Fsp3) is 0.647. The summed E-state index contributed by atoms with van der Waals surface area (Å²) in [6.07, 6.45) is 2.71. The predicted molar refractivity (Wildman–Crippen MR) is 92.4 cm³/mol. The van der Waals surface area contributed by atoms with Crippen LogP contribution in [0, 0.1) is 0 Å². The summed E-state index contributed by atoms with van der Waals surface area (Å²) < 4.78 is 0. The van der Waals surface area contributed by atoms with Crippen LogP contribution in [-0.2, 0) is 6.54 Å². The van der Waals surface area contributed by atoms with E-state index in [2.05, 4.69) is 54.2 Å². The van der Waals surface area contributed by atoms with Crippen LogP contribution in [0.1, 0.15) is 32.3 Å². The molecular weight excluding hydrogens is 282 g/mol. The zero-order valence-electron chi connectivity index (χ0n) is 13.5. The van der Waals surface area contributed by atoms with E-state index in [1.807, 2.05) is 0 Å². The van der Waals surface area contributed by atoms with Crippen LogP contribution in [0.3, 0.4) is 0 Å². The molecule has 1 aromatic rings. The van der Waals surface area contributed by atoms with Crippen LogP contribution >= 0.6 is 11.6 Å². The zero-order chi connectivity index (χ0) is 15.2. The summed E-state index contributed by atoms with van der Waals surface area (Å²) >= 11 is 6.41. The fourth-order valence-electron chi connectivity index (χ4n) is 2.66. The molecule has 118 valence electrons. The average Bonchev–Trinajstić information content (AvgIpc) is 2.96. The van der Waals surface area contributed by atoms with Crippen molar-refractivity contribution in [3.05, 3.63) is 28.8 Å². The highest BCUT2D eigenvalue weighted by atomic mass is 35.5. The molecule has 1 aliphatic rings. The minimum Gasteiger partial charge on any atom is -0.373 e. The molecular formula is C17H28ClN3. The van der Waals surface area contributed by atoms with E-state index in [0.29, 0.717) is 6.04 Å². The van der Waals surface area contributed by atoms with Crippen LogP contribution in [0.25, 0.3) is 0 Å². The number of hydrogen-bond donors (Lipinski definition) is 1.